The predicted octanol–water partition coefficient (Wildman–Crippen LogP) is 1.36. The Morgan fingerprint density at radius 3 is 2.69 bits per heavy atom. The minimum absolute atomic E-state index is 0.0532. The van der Waals surface area contributed by atoms with E-state index in [9.17, 15) is 22.9 Å². The third-order valence-corrected chi connectivity index (χ3v) is 5.96. The van der Waals surface area contributed by atoms with E-state index in [0.717, 1.165) is 0 Å². The minimum Gasteiger partial charge on any atom is -0.365 e. The molecule has 0 unspecified atom stereocenters. The Labute approximate surface area is 149 Å². The SMILES string of the molecule is N#C[C@H]1CS(=O)(=O)CC[C@@H]1n1cc(C(N)=O)c(Nc2ccc(F)cc2)n1. The molecule has 0 bridgehead atoms. The Hall–Kier alpha value is -2.93. The van der Waals surface area contributed by atoms with Crippen LogP contribution in [0.15, 0.2) is 30.5 Å². The summed E-state index contributed by atoms with van der Waals surface area (Å²) in [6.45, 7) is 0. The highest BCUT2D eigenvalue weighted by molar-refractivity contribution is 7.91. The summed E-state index contributed by atoms with van der Waals surface area (Å²) in [5.74, 6) is -2.04. The summed E-state index contributed by atoms with van der Waals surface area (Å²) in [6.07, 6.45) is 1.62. The predicted molar refractivity (Wildman–Crippen MR) is 91.8 cm³/mol. The van der Waals surface area contributed by atoms with Gasteiger partial charge in [-0.25, -0.2) is 12.8 Å². The van der Waals surface area contributed by atoms with Crippen LogP contribution in [-0.4, -0.2) is 35.6 Å². The van der Waals surface area contributed by atoms with Gasteiger partial charge in [-0.3, -0.25) is 9.48 Å². The van der Waals surface area contributed by atoms with E-state index in [4.69, 9.17) is 5.73 Å². The fourth-order valence-electron chi connectivity index (χ4n) is 2.91. The Bertz CT molecular complexity index is 978. The molecule has 2 aromatic rings. The van der Waals surface area contributed by atoms with Gasteiger partial charge in [-0.05, 0) is 30.7 Å². The highest BCUT2D eigenvalue weighted by atomic mass is 32.2. The maximum atomic E-state index is 13.0. The van der Waals surface area contributed by atoms with Gasteiger partial charge in [-0.15, -0.1) is 0 Å². The summed E-state index contributed by atoms with van der Waals surface area (Å²) < 4.78 is 37.9. The lowest BCUT2D eigenvalue weighted by Gasteiger charge is -2.26. The van der Waals surface area contributed by atoms with E-state index in [1.165, 1.54) is 35.1 Å². The van der Waals surface area contributed by atoms with E-state index in [1.54, 1.807) is 0 Å². The van der Waals surface area contributed by atoms with Crippen molar-refractivity contribution >= 4 is 27.2 Å². The van der Waals surface area contributed by atoms with Gasteiger partial charge >= 0.3 is 0 Å². The van der Waals surface area contributed by atoms with Crippen LogP contribution in [0.3, 0.4) is 0 Å². The Morgan fingerprint density at radius 2 is 2.08 bits per heavy atom. The average molecular weight is 377 g/mol. The maximum Gasteiger partial charge on any atom is 0.254 e. The molecule has 1 aliphatic heterocycles. The van der Waals surface area contributed by atoms with Crippen molar-refractivity contribution in [1.29, 1.82) is 5.26 Å². The first kappa shape index (κ1) is 17.9. The van der Waals surface area contributed by atoms with E-state index in [0.29, 0.717) is 5.69 Å². The van der Waals surface area contributed by atoms with Gasteiger partial charge in [0, 0.05) is 11.9 Å². The summed E-state index contributed by atoms with van der Waals surface area (Å²) in [7, 11) is -3.26. The molecule has 0 saturated carbocycles. The van der Waals surface area contributed by atoms with E-state index >= 15 is 0 Å². The van der Waals surface area contributed by atoms with Crippen molar-refractivity contribution < 1.29 is 17.6 Å². The number of hydrogen-bond donors (Lipinski definition) is 2. The normalized spacial score (nSPS) is 21.7. The molecule has 1 aromatic heterocycles. The largest absolute Gasteiger partial charge is 0.365 e. The Morgan fingerprint density at radius 1 is 1.38 bits per heavy atom. The summed E-state index contributed by atoms with van der Waals surface area (Å²) in [6, 6.07) is 6.98. The fourth-order valence-corrected chi connectivity index (χ4v) is 4.52. The second kappa shape index (κ2) is 6.76. The van der Waals surface area contributed by atoms with Crippen molar-refractivity contribution in [3.8, 4) is 6.07 Å². The number of sulfone groups is 1. The van der Waals surface area contributed by atoms with Crippen LogP contribution in [0, 0.1) is 23.1 Å². The number of primary amides is 1. The smallest absolute Gasteiger partial charge is 0.254 e. The van der Waals surface area contributed by atoms with Crippen molar-refractivity contribution in [2.24, 2.45) is 11.7 Å². The third-order valence-electron chi connectivity index (χ3n) is 4.23. The fraction of sp³-hybridized carbons (Fsp3) is 0.312. The van der Waals surface area contributed by atoms with Crippen molar-refractivity contribution in [1.82, 2.24) is 9.78 Å². The first-order valence-electron chi connectivity index (χ1n) is 7.80. The topological polar surface area (TPSA) is 131 Å². The third kappa shape index (κ3) is 3.67. The van der Waals surface area contributed by atoms with Crippen LogP contribution in [0.4, 0.5) is 15.9 Å². The lowest BCUT2D eigenvalue weighted by molar-refractivity contribution is 0.100. The Kier molecular flexibility index (Phi) is 4.65. The van der Waals surface area contributed by atoms with Gasteiger partial charge in [-0.2, -0.15) is 10.4 Å². The summed E-state index contributed by atoms with van der Waals surface area (Å²) in [4.78, 5) is 11.7. The van der Waals surface area contributed by atoms with Gasteiger partial charge in [0.2, 0.25) is 0 Å². The quantitative estimate of drug-likeness (QED) is 0.827. The second-order valence-corrected chi connectivity index (χ2v) is 8.30. The number of nitrogens with one attached hydrogen (secondary N) is 1. The first-order valence-corrected chi connectivity index (χ1v) is 9.63. The number of carbonyl (C=O) groups excluding carboxylic acids is 1. The lowest BCUT2D eigenvalue weighted by Crippen LogP contribution is -2.34. The van der Waals surface area contributed by atoms with E-state index in [-0.39, 0.29) is 29.3 Å². The van der Waals surface area contributed by atoms with Crippen molar-refractivity contribution in [3.05, 3.63) is 41.8 Å². The van der Waals surface area contributed by atoms with E-state index in [2.05, 4.69) is 10.4 Å². The molecular formula is C16H16FN5O3S. The molecule has 2 atom stereocenters. The lowest BCUT2D eigenvalue weighted by atomic mass is 10.0. The number of nitriles is 1. The number of hydrogen-bond acceptors (Lipinski definition) is 6. The number of anilines is 2. The number of carbonyl (C=O) groups is 1. The zero-order valence-corrected chi connectivity index (χ0v) is 14.4. The molecular weight excluding hydrogens is 361 g/mol. The summed E-state index contributed by atoms with van der Waals surface area (Å²) in [5.41, 5.74) is 5.99. The minimum atomic E-state index is -3.26. The van der Waals surface area contributed by atoms with Gasteiger partial charge in [0.1, 0.15) is 11.4 Å². The molecule has 3 rings (SSSR count). The van der Waals surface area contributed by atoms with Gasteiger partial charge in [0.15, 0.2) is 15.7 Å². The highest BCUT2D eigenvalue weighted by Gasteiger charge is 2.35. The molecule has 0 aliphatic carbocycles. The number of rotatable bonds is 4. The summed E-state index contributed by atoms with van der Waals surface area (Å²) in [5, 5.41) is 16.5. The van der Waals surface area contributed by atoms with E-state index in [1.807, 2.05) is 6.07 Å². The van der Waals surface area contributed by atoms with Gasteiger partial charge in [0.05, 0.1) is 29.5 Å². The highest BCUT2D eigenvalue weighted by Crippen LogP contribution is 2.31. The molecule has 1 aliphatic rings. The van der Waals surface area contributed by atoms with Gasteiger partial charge in [0.25, 0.3) is 5.91 Å². The van der Waals surface area contributed by atoms with Crippen molar-refractivity contribution in [3.63, 3.8) is 0 Å². The van der Waals surface area contributed by atoms with Crippen LogP contribution in [0.1, 0.15) is 22.8 Å². The molecule has 3 N–H and O–H groups in total. The van der Waals surface area contributed by atoms with Crippen LogP contribution in [0.5, 0.6) is 0 Å². The zero-order chi connectivity index (χ0) is 18.9. The number of nitrogens with zero attached hydrogens (tertiary/aromatic N) is 3. The molecule has 1 aromatic carbocycles. The monoisotopic (exact) mass is 377 g/mol. The maximum absolute atomic E-state index is 13.0. The molecule has 1 saturated heterocycles. The number of amides is 1. The molecule has 136 valence electrons. The molecule has 1 amide bonds. The number of nitrogens with two attached hydrogens (primary N) is 1. The Balaban J connectivity index is 1.93. The van der Waals surface area contributed by atoms with Gasteiger partial charge < -0.3 is 11.1 Å². The molecule has 0 spiro atoms. The second-order valence-electron chi connectivity index (χ2n) is 6.07. The average Bonchev–Trinajstić information content (AvgIpc) is 3.00. The first-order chi connectivity index (χ1) is 12.3. The molecule has 10 heteroatoms. The molecule has 8 nitrogen and oxygen atoms in total. The molecule has 1 fully saturated rings. The van der Waals surface area contributed by atoms with Crippen molar-refractivity contribution in [2.75, 3.05) is 16.8 Å². The standard InChI is InChI=1S/C16H16FN5O3S/c17-11-1-3-12(4-2-11)20-16-13(15(19)23)8-22(21-16)14-5-6-26(24,25)9-10(14)7-18/h1-4,8,10,14H,5-6,9H2,(H2,19,23)(H,20,21)/t10-,14-/m0/s1. The van der Waals surface area contributed by atoms with Crippen LogP contribution < -0.4 is 11.1 Å². The van der Waals surface area contributed by atoms with Crippen LogP contribution in [0.25, 0.3) is 0 Å². The van der Waals surface area contributed by atoms with E-state index < -0.39 is 33.5 Å². The van der Waals surface area contributed by atoms with Gasteiger partial charge in [-0.1, -0.05) is 0 Å². The zero-order valence-electron chi connectivity index (χ0n) is 13.6. The van der Waals surface area contributed by atoms with Crippen LogP contribution >= 0.6 is 0 Å². The van der Waals surface area contributed by atoms with Crippen molar-refractivity contribution in [2.45, 2.75) is 12.5 Å². The van der Waals surface area contributed by atoms with Crippen LogP contribution in [-0.2, 0) is 9.84 Å². The molecule has 26 heavy (non-hydrogen) atoms. The summed E-state index contributed by atoms with van der Waals surface area (Å²) >= 11 is 0. The van der Waals surface area contributed by atoms with Crippen LogP contribution in [0.2, 0.25) is 0 Å². The number of benzene rings is 1. The number of aromatic nitrogens is 2. The number of halogens is 1. The molecule has 2 heterocycles. The molecule has 0 radical (unpaired) electrons.